The molecule has 7 nitrogen and oxygen atoms in total. The predicted octanol–water partition coefficient (Wildman–Crippen LogP) is 3.76. The van der Waals surface area contributed by atoms with Gasteiger partial charge < -0.3 is 24.1 Å². The maximum atomic E-state index is 12.3. The van der Waals surface area contributed by atoms with E-state index < -0.39 is 0 Å². The number of nitrogens with zero attached hydrogens (tertiary/aromatic N) is 1. The number of hydrogen-bond donors (Lipinski definition) is 1. The fourth-order valence-electron chi connectivity index (χ4n) is 2.65. The van der Waals surface area contributed by atoms with Crippen LogP contribution in [-0.2, 0) is 4.79 Å². The van der Waals surface area contributed by atoms with Crippen molar-refractivity contribution in [2.75, 3.05) is 32.1 Å². The molecule has 7 heteroatoms. The summed E-state index contributed by atoms with van der Waals surface area (Å²) in [5.74, 6) is 0.967. The minimum absolute atomic E-state index is 0.115. The molecule has 156 valence electrons. The average Bonchev–Trinajstić information content (AvgIpc) is 3.29. The zero-order valence-electron chi connectivity index (χ0n) is 17.0. The number of likely N-dealkylation sites (N-methyl/N-ethyl adjacent to an activating group) is 1. The summed E-state index contributed by atoms with van der Waals surface area (Å²) < 4.78 is 16.4. The van der Waals surface area contributed by atoms with Crippen LogP contribution in [0.1, 0.15) is 16.1 Å². The second-order valence-electron chi connectivity index (χ2n) is 6.68. The van der Waals surface area contributed by atoms with Crippen molar-refractivity contribution in [2.24, 2.45) is 0 Å². The van der Waals surface area contributed by atoms with Crippen molar-refractivity contribution in [1.82, 2.24) is 4.90 Å². The molecule has 2 amide bonds. The topological polar surface area (TPSA) is 81.0 Å². The van der Waals surface area contributed by atoms with E-state index in [1.807, 2.05) is 31.2 Å². The van der Waals surface area contributed by atoms with Crippen LogP contribution in [-0.4, -0.2) is 43.5 Å². The van der Waals surface area contributed by atoms with E-state index in [2.05, 4.69) is 5.32 Å². The maximum absolute atomic E-state index is 12.3. The highest BCUT2D eigenvalue weighted by Crippen LogP contribution is 2.19. The molecule has 0 unspecified atom stereocenters. The third-order valence-corrected chi connectivity index (χ3v) is 4.40. The van der Waals surface area contributed by atoms with Gasteiger partial charge in [-0.25, -0.2) is 0 Å². The highest BCUT2D eigenvalue weighted by molar-refractivity contribution is 6.02. The average molecular weight is 408 g/mol. The first kappa shape index (κ1) is 21.0. The number of aryl methyl sites for hydroxylation is 1. The summed E-state index contributed by atoms with van der Waals surface area (Å²) >= 11 is 0. The Labute approximate surface area is 175 Å². The van der Waals surface area contributed by atoms with Crippen molar-refractivity contribution in [2.45, 2.75) is 6.92 Å². The second-order valence-corrected chi connectivity index (χ2v) is 6.68. The molecule has 3 rings (SSSR count). The Morgan fingerprint density at radius 1 is 1.03 bits per heavy atom. The van der Waals surface area contributed by atoms with Crippen molar-refractivity contribution in [3.05, 3.63) is 78.3 Å². The van der Waals surface area contributed by atoms with Crippen molar-refractivity contribution >= 4 is 17.5 Å². The summed E-state index contributed by atoms with van der Waals surface area (Å²) in [5, 5.41) is 2.72. The Morgan fingerprint density at radius 2 is 1.87 bits per heavy atom. The lowest BCUT2D eigenvalue weighted by molar-refractivity contribution is -0.132. The first-order chi connectivity index (χ1) is 14.5. The fraction of sp³-hybridized carbons (Fsp3) is 0.217. The summed E-state index contributed by atoms with van der Waals surface area (Å²) in [6.07, 6.45) is 1.43. The molecule has 0 radical (unpaired) electrons. The van der Waals surface area contributed by atoms with Crippen LogP contribution in [0.4, 0.5) is 5.69 Å². The highest BCUT2D eigenvalue weighted by Gasteiger charge is 2.12. The number of rotatable bonds is 9. The zero-order chi connectivity index (χ0) is 21.3. The Balaban J connectivity index is 1.44. The van der Waals surface area contributed by atoms with Crippen LogP contribution in [0.3, 0.4) is 0 Å². The van der Waals surface area contributed by atoms with Crippen molar-refractivity contribution in [3.8, 4) is 11.5 Å². The van der Waals surface area contributed by atoms with Gasteiger partial charge in [-0.05, 0) is 42.8 Å². The van der Waals surface area contributed by atoms with Gasteiger partial charge in [-0.2, -0.15) is 0 Å². The molecule has 30 heavy (non-hydrogen) atoms. The summed E-state index contributed by atoms with van der Waals surface area (Å²) in [7, 11) is 1.70. The largest absolute Gasteiger partial charge is 0.491 e. The lowest BCUT2D eigenvalue weighted by atomic mass is 10.2. The number of nitrogens with one attached hydrogen (secondary N) is 1. The van der Waals surface area contributed by atoms with E-state index in [4.69, 9.17) is 13.9 Å². The Bertz CT molecular complexity index is 985. The molecule has 0 aliphatic rings. The third-order valence-electron chi connectivity index (χ3n) is 4.40. The second kappa shape index (κ2) is 10.2. The number of ether oxygens (including phenoxy) is 2. The molecule has 1 heterocycles. The van der Waals surface area contributed by atoms with Gasteiger partial charge in [0.2, 0.25) is 0 Å². The molecule has 0 aliphatic carbocycles. The third kappa shape index (κ3) is 5.88. The fourth-order valence-corrected chi connectivity index (χ4v) is 2.65. The van der Waals surface area contributed by atoms with Gasteiger partial charge >= 0.3 is 0 Å². The van der Waals surface area contributed by atoms with E-state index in [9.17, 15) is 9.59 Å². The van der Waals surface area contributed by atoms with E-state index in [0.717, 1.165) is 11.3 Å². The number of amides is 2. The molecule has 0 saturated carbocycles. The molecular formula is C23H24N2O5. The summed E-state index contributed by atoms with van der Waals surface area (Å²) in [6.45, 7) is 2.69. The van der Waals surface area contributed by atoms with Crippen molar-refractivity contribution in [3.63, 3.8) is 0 Å². The van der Waals surface area contributed by atoms with Crippen LogP contribution in [0, 0.1) is 6.92 Å². The van der Waals surface area contributed by atoms with E-state index in [1.165, 1.54) is 6.26 Å². The monoisotopic (exact) mass is 408 g/mol. The van der Waals surface area contributed by atoms with Crippen LogP contribution < -0.4 is 14.8 Å². The molecule has 0 fully saturated rings. The predicted molar refractivity (Wildman–Crippen MR) is 113 cm³/mol. The van der Waals surface area contributed by atoms with Gasteiger partial charge in [0.05, 0.1) is 12.8 Å². The zero-order valence-corrected chi connectivity index (χ0v) is 17.0. The Morgan fingerprint density at radius 3 is 2.63 bits per heavy atom. The molecular weight excluding hydrogens is 384 g/mol. The number of anilines is 1. The lowest BCUT2D eigenvalue weighted by Gasteiger charge is -2.18. The molecule has 0 bridgehead atoms. The standard InChI is InChI=1S/C23H24N2O5/c1-17-7-3-4-10-20(17)29-14-12-25(2)22(26)16-30-19-9-5-8-18(15-19)24-23(27)21-11-6-13-28-21/h3-11,13,15H,12,14,16H2,1-2H3,(H,24,27). The van der Waals surface area contributed by atoms with Gasteiger partial charge in [-0.1, -0.05) is 24.3 Å². The number of carbonyl (C=O) groups is 2. The molecule has 0 atom stereocenters. The van der Waals surface area contributed by atoms with Gasteiger partial charge in [0.15, 0.2) is 12.4 Å². The van der Waals surface area contributed by atoms with Crippen molar-refractivity contribution in [1.29, 1.82) is 0 Å². The van der Waals surface area contributed by atoms with Gasteiger partial charge in [0.25, 0.3) is 11.8 Å². The normalized spacial score (nSPS) is 10.3. The summed E-state index contributed by atoms with van der Waals surface area (Å²) in [4.78, 5) is 25.9. The van der Waals surface area contributed by atoms with Crippen LogP contribution in [0.5, 0.6) is 11.5 Å². The molecule has 1 N–H and O–H groups in total. The van der Waals surface area contributed by atoms with E-state index in [1.54, 1.807) is 48.3 Å². The van der Waals surface area contributed by atoms with Crippen LogP contribution in [0.2, 0.25) is 0 Å². The van der Waals surface area contributed by atoms with Gasteiger partial charge in [-0.3, -0.25) is 9.59 Å². The van der Waals surface area contributed by atoms with Gasteiger partial charge in [0, 0.05) is 18.8 Å². The van der Waals surface area contributed by atoms with E-state index in [-0.39, 0.29) is 24.2 Å². The molecule has 0 spiro atoms. The first-order valence-corrected chi connectivity index (χ1v) is 9.53. The van der Waals surface area contributed by atoms with Crippen LogP contribution >= 0.6 is 0 Å². The number of hydrogen-bond acceptors (Lipinski definition) is 5. The number of benzene rings is 2. The number of furan rings is 1. The Hall–Kier alpha value is -3.74. The number of carbonyl (C=O) groups excluding carboxylic acids is 2. The molecule has 3 aromatic rings. The molecule has 0 aliphatic heterocycles. The van der Waals surface area contributed by atoms with Gasteiger partial charge in [-0.15, -0.1) is 0 Å². The summed E-state index contributed by atoms with van der Waals surface area (Å²) in [6, 6.07) is 17.8. The maximum Gasteiger partial charge on any atom is 0.291 e. The first-order valence-electron chi connectivity index (χ1n) is 9.53. The lowest BCUT2D eigenvalue weighted by Crippen LogP contribution is -2.34. The van der Waals surface area contributed by atoms with E-state index >= 15 is 0 Å². The summed E-state index contributed by atoms with van der Waals surface area (Å²) in [5.41, 5.74) is 1.59. The SMILES string of the molecule is Cc1ccccc1OCCN(C)C(=O)COc1cccc(NC(=O)c2ccco2)c1. The highest BCUT2D eigenvalue weighted by atomic mass is 16.5. The molecule has 0 saturated heterocycles. The molecule has 2 aromatic carbocycles. The van der Waals surface area contributed by atoms with E-state index in [0.29, 0.717) is 24.6 Å². The van der Waals surface area contributed by atoms with Crippen LogP contribution in [0.15, 0.2) is 71.3 Å². The van der Waals surface area contributed by atoms with Crippen molar-refractivity contribution < 1.29 is 23.5 Å². The molecule has 1 aromatic heterocycles. The minimum Gasteiger partial charge on any atom is -0.491 e. The quantitative estimate of drug-likeness (QED) is 0.583. The van der Waals surface area contributed by atoms with Gasteiger partial charge in [0.1, 0.15) is 18.1 Å². The number of para-hydroxylation sites is 1. The van der Waals surface area contributed by atoms with Crippen LogP contribution in [0.25, 0.3) is 0 Å². The minimum atomic E-state index is -0.360. The smallest absolute Gasteiger partial charge is 0.291 e. The Kier molecular flexibility index (Phi) is 7.10.